The second-order valence-corrected chi connectivity index (χ2v) is 7.36. The standard InChI is InChI=1S/C21H26FN3O2/c1-21(2,3)25-20(27)16-6-10-18(11-7-16)24-14-19(26)23-13-12-15-4-8-17(22)9-5-15/h4-11,24H,12-14H2,1-3H3,(H,23,26)(H,25,27). The van der Waals surface area contributed by atoms with Gasteiger partial charge in [0.15, 0.2) is 0 Å². The van der Waals surface area contributed by atoms with Gasteiger partial charge < -0.3 is 16.0 Å². The zero-order chi connectivity index (χ0) is 19.9. The number of hydrogen-bond acceptors (Lipinski definition) is 3. The summed E-state index contributed by atoms with van der Waals surface area (Å²) in [5, 5.41) is 8.73. The van der Waals surface area contributed by atoms with Crippen molar-refractivity contribution in [3.05, 3.63) is 65.5 Å². The van der Waals surface area contributed by atoms with E-state index in [9.17, 15) is 14.0 Å². The minimum atomic E-state index is -0.292. The number of anilines is 1. The first-order valence-corrected chi connectivity index (χ1v) is 8.90. The zero-order valence-electron chi connectivity index (χ0n) is 15.9. The van der Waals surface area contributed by atoms with E-state index in [1.807, 2.05) is 20.8 Å². The summed E-state index contributed by atoms with van der Waals surface area (Å²) in [7, 11) is 0. The maximum absolute atomic E-state index is 12.8. The average molecular weight is 371 g/mol. The molecule has 0 heterocycles. The molecule has 0 aliphatic heterocycles. The molecule has 0 spiro atoms. The molecule has 5 nitrogen and oxygen atoms in total. The van der Waals surface area contributed by atoms with Crippen molar-refractivity contribution in [3.8, 4) is 0 Å². The fourth-order valence-electron chi connectivity index (χ4n) is 2.39. The van der Waals surface area contributed by atoms with E-state index in [4.69, 9.17) is 0 Å². The van der Waals surface area contributed by atoms with Gasteiger partial charge in [-0.15, -0.1) is 0 Å². The molecule has 0 fully saturated rings. The highest BCUT2D eigenvalue weighted by Crippen LogP contribution is 2.10. The highest BCUT2D eigenvalue weighted by molar-refractivity contribution is 5.95. The number of carbonyl (C=O) groups excluding carboxylic acids is 2. The van der Waals surface area contributed by atoms with Crippen LogP contribution in [0.5, 0.6) is 0 Å². The fourth-order valence-corrected chi connectivity index (χ4v) is 2.39. The molecule has 0 aliphatic rings. The van der Waals surface area contributed by atoms with E-state index in [1.165, 1.54) is 12.1 Å². The lowest BCUT2D eigenvalue weighted by Gasteiger charge is -2.20. The fraction of sp³-hybridized carbons (Fsp3) is 0.333. The first-order valence-electron chi connectivity index (χ1n) is 8.90. The van der Waals surface area contributed by atoms with Gasteiger partial charge in [0.25, 0.3) is 5.91 Å². The Hall–Kier alpha value is -2.89. The molecule has 0 unspecified atom stereocenters. The third-order valence-electron chi connectivity index (χ3n) is 3.74. The minimum Gasteiger partial charge on any atom is -0.376 e. The summed E-state index contributed by atoms with van der Waals surface area (Å²) < 4.78 is 12.8. The van der Waals surface area contributed by atoms with Crippen LogP contribution in [0.25, 0.3) is 0 Å². The van der Waals surface area contributed by atoms with Gasteiger partial charge in [0.05, 0.1) is 6.54 Å². The third kappa shape index (κ3) is 7.48. The molecule has 6 heteroatoms. The summed E-state index contributed by atoms with van der Waals surface area (Å²) in [5.41, 5.74) is 2.00. The molecular formula is C21H26FN3O2. The topological polar surface area (TPSA) is 70.2 Å². The molecule has 0 saturated heterocycles. The molecule has 0 saturated carbocycles. The van der Waals surface area contributed by atoms with Crippen molar-refractivity contribution < 1.29 is 14.0 Å². The van der Waals surface area contributed by atoms with E-state index in [1.54, 1.807) is 36.4 Å². The lowest BCUT2D eigenvalue weighted by atomic mass is 10.1. The second-order valence-electron chi connectivity index (χ2n) is 7.36. The maximum atomic E-state index is 12.8. The molecule has 27 heavy (non-hydrogen) atoms. The highest BCUT2D eigenvalue weighted by Gasteiger charge is 2.15. The Morgan fingerprint density at radius 1 is 0.963 bits per heavy atom. The summed E-state index contributed by atoms with van der Waals surface area (Å²) in [6.07, 6.45) is 0.642. The molecule has 0 aliphatic carbocycles. The Kier molecular flexibility index (Phi) is 6.93. The molecule has 144 valence electrons. The van der Waals surface area contributed by atoms with E-state index in [0.717, 1.165) is 11.3 Å². The van der Waals surface area contributed by atoms with Crippen LogP contribution >= 0.6 is 0 Å². The van der Waals surface area contributed by atoms with Gasteiger partial charge in [0, 0.05) is 23.3 Å². The normalized spacial score (nSPS) is 11.0. The van der Waals surface area contributed by atoms with Crippen LogP contribution in [0.1, 0.15) is 36.7 Å². The largest absolute Gasteiger partial charge is 0.376 e. The van der Waals surface area contributed by atoms with Crippen LogP contribution in [0.4, 0.5) is 10.1 Å². The number of carbonyl (C=O) groups is 2. The van der Waals surface area contributed by atoms with Gasteiger partial charge in [-0.25, -0.2) is 4.39 Å². The summed E-state index contributed by atoms with van der Waals surface area (Å²) in [6, 6.07) is 13.2. The van der Waals surface area contributed by atoms with Gasteiger partial charge >= 0.3 is 0 Å². The van der Waals surface area contributed by atoms with Crippen LogP contribution in [0.3, 0.4) is 0 Å². The van der Waals surface area contributed by atoms with Gasteiger partial charge in [-0.1, -0.05) is 12.1 Å². The van der Waals surface area contributed by atoms with Gasteiger partial charge in [0.1, 0.15) is 5.82 Å². The highest BCUT2D eigenvalue weighted by atomic mass is 19.1. The molecule has 0 atom stereocenters. The molecule has 0 radical (unpaired) electrons. The molecule has 0 bridgehead atoms. The van der Waals surface area contributed by atoms with Crippen molar-refractivity contribution in [2.45, 2.75) is 32.7 Å². The SMILES string of the molecule is CC(C)(C)NC(=O)c1ccc(NCC(=O)NCCc2ccc(F)cc2)cc1. The van der Waals surface area contributed by atoms with E-state index < -0.39 is 0 Å². The van der Waals surface area contributed by atoms with Gasteiger partial charge in [-0.3, -0.25) is 9.59 Å². The van der Waals surface area contributed by atoms with Crippen LogP contribution in [0, 0.1) is 5.82 Å². The smallest absolute Gasteiger partial charge is 0.251 e. The lowest BCUT2D eigenvalue weighted by molar-refractivity contribution is -0.119. The van der Waals surface area contributed by atoms with Crippen molar-refractivity contribution in [3.63, 3.8) is 0 Å². The molecular weight excluding hydrogens is 345 g/mol. The lowest BCUT2D eigenvalue weighted by Crippen LogP contribution is -2.40. The summed E-state index contributed by atoms with van der Waals surface area (Å²) in [4.78, 5) is 24.0. The van der Waals surface area contributed by atoms with Gasteiger partial charge in [-0.05, 0) is 69.2 Å². The van der Waals surface area contributed by atoms with E-state index >= 15 is 0 Å². The van der Waals surface area contributed by atoms with Crippen LogP contribution < -0.4 is 16.0 Å². The Morgan fingerprint density at radius 3 is 2.19 bits per heavy atom. The van der Waals surface area contributed by atoms with Crippen molar-refractivity contribution in [1.82, 2.24) is 10.6 Å². The molecule has 2 aromatic rings. The predicted octanol–water partition coefficient (Wildman–Crippen LogP) is 3.12. The van der Waals surface area contributed by atoms with E-state index in [-0.39, 0.29) is 29.7 Å². The second kappa shape index (κ2) is 9.16. The first-order chi connectivity index (χ1) is 12.7. The third-order valence-corrected chi connectivity index (χ3v) is 3.74. The number of hydrogen-bond donors (Lipinski definition) is 3. The van der Waals surface area contributed by atoms with Gasteiger partial charge in [0.2, 0.25) is 5.91 Å². The average Bonchev–Trinajstić information content (AvgIpc) is 2.60. The zero-order valence-corrected chi connectivity index (χ0v) is 15.9. The van der Waals surface area contributed by atoms with Crippen LogP contribution in [-0.2, 0) is 11.2 Å². The number of benzene rings is 2. The Balaban J connectivity index is 1.73. The van der Waals surface area contributed by atoms with Crippen molar-refractivity contribution in [2.24, 2.45) is 0 Å². The minimum absolute atomic E-state index is 0.132. The van der Waals surface area contributed by atoms with Crippen LogP contribution in [0.15, 0.2) is 48.5 Å². The maximum Gasteiger partial charge on any atom is 0.251 e. The van der Waals surface area contributed by atoms with Gasteiger partial charge in [-0.2, -0.15) is 0 Å². The van der Waals surface area contributed by atoms with Crippen LogP contribution in [-0.4, -0.2) is 30.4 Å². The molecule has 2 aromatic carbocycles. The molecule has 3 N–H and O–H groups in total. The molecule has 2 amide bonds. The van der Waals surface area contributed by atoms with Crippen molar-refractivity contribution >= 4 is 17.5 Å². The number of rotatable bonds is 7. The monoisotopic (exact) mass is 371 g/mol. The predicted molar refractivity (Wildman–Crippen MR) is 105 cm³/mol. The summed E-state index contributed by atoms with van der Waals surface area (Å²) in [5.74, 6) is -0.534. The van der Waals surface area contributed by atoms with Crippen molar-refractivity contribution in [1.29, 1.82) is 0 Å². The van der Waals surface area contributed by atoms with Crippen molar-refractivity contribution in [2.75, 3.05) is 18.4 Å². The molecule has 2 rings (SSSR count). The number of halogens is 1. The number of nitrogens with one attached hydrogen (secondary N) is 3. The Morgan fingerprint density at radius 2 is 1.59 bits per heavy atom. The first kappa shape index (κ1) is 20.4. The molecule has 0 aromatic heterocycles. The number of amides is 2. The summed E-state index contributed by atoms with van der Waals surface area (Å²) >= 11 is 0. The quantitative estimate of drug-likeness (QED) is 0.700. The van der Waals surface area contributed by atoms with Crippen LogP contribution in [0.2, 0.25) is 0 Å². The summed E-state index contributed by atoms with van der Waals surface area (Å²) in [6.45, 7) is 6.40. The Labute approximate surface area is 159 Å². The van der Waals surface area contributed by atoms with E-state index in [0.29, 0.717) is 18.5 Å². The van der Waals surface area contributed by atoms with E-state index in [2.05, 4.69) is 16.0 Å². The Bertz CT molecular complexity index is 766.